The highest BCUT2D eigenvalue weighted by Gasteiger charge is 2.44. The van der Waals surface area contributed by atoms with Crippen molar-refractivity contribution in [3.8, 4) is 11.4 Å². The zero-order valence-electron chi connectivity index (χ0n) is 13.6. The fourth-order valence-corrected chi connectivity index (χ4v) is 4.07. The van der Waals surface area contributed by atoms with Gasteiger partial charge in [0.2, 0.25) is 5.91 Å². The Morgan fingerprint density at radius 1 is 1.32 bits per heavy atom. The number of piperazine rings is 1. The van der Waals surface area contributed by atoms with Crippen molar-refractivity contribution in [1.82, 2.24) is 19.9 Å². The topological polar surface area (TPSA) is 63.1 Å². The summed E-state index contributed by atoms with van der Waals surface area (Å²) in [4.78, 5) is 23.2. The van der Waals surface area contributed by atoms with Crippen LogP contribution in [0.5, 0.6) is 0 Å². The molecule has 1 aromatic carbocycles. The van der Waals surface area contributed by atoms with Gasteiger partial charge in [0, 0.05) is 31.4 Å². The summed E-state index contributed by atoms with van der Waals surface area (Å²) in [5, 5.41) is 3.54. The number of anilines is 1. The van der Waals surface area contributed by atoms with E-state index in [1.54, 1.807) is 6.20 Å². The van der Waals surface area contributed by atoms with E-state index in [0.717, 1.165) is 41.2 Å². The normalized spacial score (nSPS) is 22.0. The Morgan fingerprint density at radius 2 is 2.16 bits per heavy atom. The SMILES string of the molecule is Cn1c(-c2cc(N3CC4CC3C(=O)N4)ncc2Cl)nc2ccccc21. The maximum Gasteiger partial charge on any atom is 0.243 e. The van der Waals surface area contributed by atoms with Crippen LogP contribution in [0.15, 0.2) is 36.5 Å². The Kier molecular flexibility index (Phi) is 3.06. The largest absolute Gasteiger partial charge is 0.350 e. The molecule has 1 N–H and O–H groups in total. The van der Waals surface area contributed by atoms with E-state index < -0.39 is 0 Å². The number of fused-ring (bicyclic) bond motifs is 3. The highest BCUT2D eigenvalue weighted by molar-refractivity contribution is 6.33. The summed E-state index contributed by atoms with van der Waals surface area (Å²) in [6, 6.07) is 10.0. The lowest BCUT2D eigenvalue weighted by Gasteiger charge is -2.27. The monoisotopic (exact) mass is 353 g/mol. The number of aryl methyl sites for hydroxylation is 1. The van der Waals surface area contributed by atoms with Crippen molar-refractivity contribution in [2.75, 3.05) is 11.4 Å². The number of pyridine rings is 1. The van der Waals surface area contributed by atoms with Crippen LogP contribution in [0.2, 0.25) is 5.02 Å². The minimum Gasteiger partial charge on any atom is -0.350 e. The van der Waals surface area contributed by atoms with Gasteiger partial charge >= 0.3 is 0 Å². The summed E-state index contributed by atoms with van der Waals surface area (Å²) < 4.78 is 2.03. The van der Waals surface area contributed by atoms with Gasteiger partial charge in [0.25, 0.3) is 0 Å². The summed E-state index contributed by atoms with van der Waals surface area (Å²) in [5.41, 5.74) is 2.80. The lowest BCUT2D eigenvalue weighted by Crippen LogP contribution is -2.48. The molecule has 2 atom stereocenters. The van der Waals surface area contributed by atoms with Crippen LogP contribution < -0.4 is 10.2 Å². The Morgan fingerprint density at radius 3 is 2.92 bits per heavy atom. The smallest absolute Gasteiger partial charge is 0.243 e. The molecular formula is C18H16ClN5O. The number of rotatable bonds is 2. The van der Waals surface area contributed by atoms with Gasteiger partial charge in [-0.15, -0.1) is 0 Å². The van der Waals surface area contributed by atoms with Crippen LogP contribution in [0.25, 0.3) is 22.4 Å². The molecule has 0 aliphatic carbocycles. The third kappa shape index (κ3) is 2.14. The fourth-order valence-electron chi connectivity index (χ4n) is 3.88. The number of para-hydroxylation sites is 2. The van der Waals surface area contributed by atoms with E-state index >= 15 is 0 Å². The molecule has 5 rings (SSSR count). The molecule has 2 saturated heterocycles. The van der Waals surface area contributed by atoms with Gasteiger partial charge < -0.3 is 14.8 Å². The second-order valence-electron chi connectivity index (χ2n) is 6.61. The summed E-state index contributed by atoms with van der Waals surface area (Å²) in [6.45, 7) is 0.785. The molecule has 126 valence electrons. The van der Waals surface area contributed by atoms with Gasteiger partial charge in [0.05, 0.1) is 16.1 Å². The van der Waals surface area contributed by atoms with E-state index in [0.29, 0.717) is 5.02 Å². The summed E-state index contributed by atoms with van der Waals surface area (Å²) in [5.74, 6) is 1.65. The van der Waals surface area contributed by atoms with Gasteiger partial charge in [-0.1, -0.05) is 23.7 Å². The number of benzene rings is 1. The van der Waals surface area contributed by atoms with Crippen molar-refractivity contribution in [3.63, 3.8) is 0 Å². The first-order valence-corrected chi connectivity index (χ1v) is 8.64. The average Bonchev–Trinajstić information content (AvgIpc) is 3.28. The Balaban J connectivity index is 1.62. The van der Waals surface area contributed by atoms with Gasteiger partial charge in [-0.3, -0.25) is 4.79 Å². The minimum absolute atomic E-state index is 0.0808. The van der Waals surface area contributed by atoms with E-state index in [9.17, 15) is 4.79 Å². The third-order valence-electron chi connectivity index (χ3n) is 5.11. The molecular weight excluding hydrogens is 338 g/mol. The third-order valence-corrected chi connectivity index (χ3v) is 5.41. The number of halogens is 1. The second-order valence-corrected chi connectivity index (χ2v) is 7.02. The molecule has 6 nitrogen and oxygen atoms in total. The van der Waals surface area contributed by atoms with Crippen molar-refractivity contribution >= 4 is 34.4 Å². The van der Waals surface area contributed by atoms with Crippen LogP contribution in [-0.2, 0) is 11.8 Å². The molecule has 25 heavy (non-hydrogen) atoms. The predicted molar refractivity (Wildman–Crippen MR) is 96.6 cm³/mol. The van der Waals surface area contributed by atoms with E-state index in [-0.39, 0.29) is 18.0 Å². The highest BCUT2D eigenvalue weighted by Crippen LogP contribution is 2.35. The first kappa shape index (κ1) is 14.7. The number of nitrogens with zero attached hydrogens (tertiary/aromatic N) is 4. The fraction of sp³-hybridized carbons (Fsp3) is 0.278. The van der Waals surface area contributed by atoms with Gasteiger partial charge in [0.15, 0.2) is 0 Å². The molecule has 0 saturated carbocycles. The van der Waals surface area contributed by atoms with Crippen LogP contribution in [0.3, 0.4) is 0 Å². The quantitative estimate of drug-likeness (QED) is 0.768. The van der Waals surface area contributed by atoms with Crippen molar-refractivity contribution in [3.05, 3.63) is 41.6 Å². The van der Waals surface area contributed by atoms with Crippen LogP contribution in [0.4, 0.5) is 5.82 Å². The molecule has 2 bridgehead atoms. The maximum absolute atomic E-state index is 12.0. The predicted octanol–water partition coefficient (Wildman–Crippen LogP) is 2.37. The van der Waals surface area contributed by atoms with E-state index in [1.165, 1.54) is 0 Å². The van der Waals surface area contributed by atoms with Crippen LogP contribution >= 0.6 is 11.6 Å². The molecule has 3 aromatic rings. The van der Waals surface area contributed by atoms with Crippen LogP contribution in [-0.4, -0.2) is 39.1 Å². The van der Waals surface area contributed by atoms with Gasteiger partial charge in [-0.05, 0) is 24.6 Å². The highest BCUT2D eigenvalue weighted by atomic mass is 35.5. The van der Waals surface area contributed by atoms with Crippen LogP contribution in [0, 0.1) is 0 Å². The van der Waals surface area contributed by atoms with Crippen LogP contribution in [0.1, 0.15) is 6.42 Å². The molecule has 0 radical (unpaired) electrons. The number of imidazole rings is 1. The molecule has 2 unspecified atom stereocenters. The molecule has 1 amide bonds. The molecule has 2 aliphatic heterocycles. The molecule has 2 aromatic heterocycles. The lowest BCUT2D eigenvalue weighted by molar-refractivity contribution is -0.121. The van der Waals surface area contributed by atoms with Crippen molar-refractivity contribution in [2.45, 2.75) is 18.5 Å². The number of aromatic nitrogens is 3. The lowest BCUT2D eigenvalue weighted by atomic mass is 10.2. The first-order chi connectivity index (χ1) is 12.1. The number of amides is 1. The van der Waals surface area contributed by atoms with E-state index in [1.807, 2.05) is 41.9 Å². The number of carbonyl (C=O) groups is 1. The summed E-state index contributed by atoms with van der Waals surface area (Å²) >= 11 is 6.43. The standard InChI is InChI=1S/C18H16ClN5O/c1-23-14-5-3-2-4-13(14)22-17(23)11-7-16(20-8-12(11)19)24-9-10-6-15(24)18(25)21-10/h2-5,7-8,10,15H,6,9H2,1H3,(H,21,25). The van der Waals surface area contributed by atoms with Gasteiger partial charge in [-0.2, -0.15) is 0 Å². The Bertz CT molecular complexity index is 1010. The zero-order chi connectivity index (χ0) is 17.1. The number of hydrogen-bond acceptors (Lipinski definition) is 4. The van der Waals surface area contributed by atoms with Gasteiger partial charge in [0.1, 0.15) is 17.7 Å². The summed E-state index contributed by atoms with van der Waals surface area (Å²) in [6.07, 6.45) is 2.49. The average molecular weight is 354 g/mol. The number of nitrogens with one attached hydrogen (secondary N) is 1. The molecule has 2 fully saturated rings. The molecule has 7 heteroatoms. The molecule has 4 heterocycles. The molecule has 0 spiro atoms. The van der Waals surface area contributed by atoms with Crippen molar-refractivity contribution < 1.29 is 4.79 Å². The van der Waals surface area contributed by atoms with Gasteiger partial charge in [-0.25, -0.2) is 9.97 Å². The first-order valence-electron chi connectivity index (χ1n) is 8.26. The number of carbonyl (C=O) groups excluding carboxylic acids is 1. The number of hydrogen-bond donors (Lipinski definition) is 1. The van der Waals surface area contributed by atoms with E-state index in [2.05, 4.69) is 15.2 Å². The summed E-state index contributed by atoms with van der Waals surface area (Å²) in [7, 11) is 1.98. The van der Waals surface area contributed by atoms with Crippen molar-refractivity contribution in [2.24, 2.45) is 7.05 Å². The Hall–Kier alpha value is -2.60. The maximum atomic E-state index is 12.0. The molecule has 2 aliphatic rings. The van der Waals surface area contributed by atoms with E-state index in [4.69, 9.17) is 16.6 Å². The second kappa shape index (κ2) is 5.20. The zero-order valence-corrected chi connectivity index (χ0v) is 14.4. The minimum atomic E-state index is -0.132. The Labute approximate surface area is 149 Å². The van der Waals surface area contributed by atoms with Crippen molar-refractivity contribution in [1.29, 1.82) is 0 Å².